The van der Waals surface area contributed by atoms with Gasteiger partial charge in [0.1, 0.15) is 6.10 Å². The van der Waals surface area contributed by atoms with Crippen molar-refractivity contribution in [2.75, 3.05) is 4.90 Å². The van der Waals surface area contributed by atoms with Crippen molar-refractivity contribution in [3.05, 3.63) is 29.3 Å². The number of fused-ring (bicyclic) bond motifs is 1. The summed E-state index contributed by atoms with van der Waals surface area (Å²) in [5.74, 6) is -0.554. The zero-order valence-corrected chi connectivity index (χ0v) is 15.0. The number of hydrogen-bond acceptors (Lipinski definition) is 4. The Kier molecular flexibility index (Phi) is 4.35. The highest BCUT2D eigenvalue weighted by molar-refractivity contribution is 7.80. The number of aliphatic hydroxyl groups excluding tert-OH is 2. The molecular weight excluding hydrogens is 362 g/mol. The lowest BCUT2D eigenvalue weighted by atomic mass is 9.77. The summed E-state index contributed by atoms with van der Waals surface area (Å²) < 4.78 is 0. The van der Waals surface area contributed by atoms with Gasteiger partial charge in [-0.15, -0.1) is 0 Å². The molecule has 3 fully saturated rings. The van der Waals surface area contributed by atoms with Crippen molar-refractivity contribution >= 4 is 40.5 Å². The van der Waals surface area contributed by atoms with Gasteiger partial charge in [-0.1, -0.05) is 11.6 Å². The Balaban J connectivity index is 1.68. The third kappa shape index (κ3) is 3.10. The molecule has 8 heteroatoms. The molecule has 2 aliphatic carbocycles. The lowest BCUT2D eigenvalue weighted by molar-refractivity contribution is -0.131. The number of carbonyl (C=O) groups excluding carboxylic acids is 1. The number of rotatable bonds is 3. The van der Waals surface area contributed by atoms with Crippen LogP contribution in [0.3, 0.4) is 0 Å². The Morgan fingerprint density at radius 2 is 1.96 bits per heavy atom. The zero-order chi connectivity index (χ0) is 17.7. The predicted octanol–water partition coefficient (Wildman–Crippen LogP) is 0.792. The molecule has 6 nitrogen and oxygen atoms in total. The van der Waals surface area contributed by atoms with Crippen LogP contribution in [0.15, 0.2) is 24.3 Å². The summed E-state index contributed by atoms with van der Waals surface area (Å²) >= 11 is 11.4. The van der Waals surface area contributed by atoms with E-state index >= 15 is 0 Å². The van der Waals surface area contributed by atoms with E-state index in [1.807, 2.05) is 17.0 Å². The molecule has 1 aliphatic heterocycles. The van der Waals surface area contributed by atoms with Crippen molar-refractivity contribution in [2.45, 2.75) is 49.6 Å². The number of aliphatic hydroxyl groups is 2. The first-order valence-electron chi connectivity index (χ1n) is 8.47. The predicted molar refractivity (Wildman–Crippen MR) is 98.5 cm³/mol. The van der Waals surface area contributed by atoms with Crippen LogP contribution in [-0.4, -0.2) is 51.6 Å². The molecule has 1 heterocycles. The van der Waals surface area contributed by atoms with Gasteiger partial charge in [0.05, 0.1) is 24.1 Å². The minimum atomic E-state index is -0.981. The Morgan fingerprint density at radius 1 is 1.28 bits per heavy atom. The molecule has 134 valence electrons. The number of benzene rings is 1. The number of hydrogen-bond donors (Lipinski definition) is 4. The van der Waals surface area contributed by atoms with Gasteiger partial charge in [-0.25, -0.2) is 0 Å². The number of nitrogens with one attached hydrogen (secondary N) is 2. The van der Waals surface area contributed by atoms with Crippen molar-refractivity contribution < 1.29 is 15.0 Å². The first-order valence-corrected chi connectivity index (χ1v) is 9.26. The lowest BCUT2D eigenvalue weighted by Crippen LogP contribution is -2.61. The number of anilines is 1. The quantitative estimate of drug-likeness (QED) is 0.579. The third-order valence-electron chi connectivity index (χ3n) is 5.21. The van der Waals surface area contributed by atoms with Gasteiger partial charge in [0, 0.05) is 16.8 Å². The molecule has 3 aliphatic rings. The van der Waals surface area contributed by atoms with E-state index < -0.39 is 24.2 Å². The number of halogens is 1. The monoisotopic (exact) mass is 381 g/mol. The maximum atomic E-state index is 12.8. The van der Waals surface area contributed by atoms with Gasteiger partial charge in [0.25, 0.3) is 0 Å². The molecule has 0 spiro atoms. The van der Waals surface area contributed by atoms with Crippen LogP contribution >= 0.6 is 23.8 Å². The summed E-state index contributed by atoms with van der Waals surface area (Å²) in [6.07, 6.45) is 0.252. The molecule has 0 radical (unpaired) electrons. The second kappa shape index (κ2) is 6.39. The Labute approximate surface area is 156 Å². The Bertz CT molecular complexity index is 697. The first kappa shape index (κ1) is 17.0. The average Bonchev–Trinajstić information content (AvgIpc) is 3.32. The van der Waals surface area contributed by atoms with E-state index in [2.05, 4.69) is 10.6 Å². The summed E-state index contributed by atoms with van der Waals surface area (Å²) in [5.41, 5.74) is 0.808. The van der Waals surface area contributed by atoms with E-state index in [0.29, 0.717) is 10.1 Å². The van der Waals surface area contributed by atoms with Crippen molar-refractivity contribution in [2.24, 2.45) is 5.92 Å². The first-order chi connectivity index (χ1) is 12.0. The molecule has 25 heavy (non-hydrogen) atoms. The van der Waals surface area contributed by atoms with E-state index in [1.54, 1.807) is 12.1 Å². The summed E-state index contributed by atoms with van der Waals surface area (Å²) in [6.45, 7) is 0. The number of amides is 1. The molecule has 1 amide bonds. The molecular formula is C17H20ClN3O3S. The normalized spacial score (nSPS) is 34.4. The Hall–Kier alpha value is -1.41. The van der Waals surface area contributed by atoms with Crippen LogP contribution in [0.4, 0.5) is 5.69 Å². The van der Waals surface area contributed by atoms with Crippen LogP contribution < -0.4 is 15.5 Å². The molecule has 5 atom stereocenters. The smallest absolute Gasteiger partial charge is 0.225 e. The van der Waals surface area contributed by atoms with E-state index in [4.69, 9.17) is 23.8 Å². The molecule has 1 saturated heterocycles. The molecule has 1 aromatic carbocycles. The van der Waals surface area contributed by atoms with Gasteiger partial charge in [-0.3, -0.25) is 4.79 Å². The summed E-state index contributed by atoms with van der Waals surface area (Å²) in [4.78, 5) is 14.6. The molecule has 1 aromatic rings. The van der Waals surface area contributed by atoms with Crippen molar-refractivity contribution in [3.63, 3.8) is 0 Å². The highest BCUT2D eigenvalue weighted by Gasteiger charge is 2.54. The molecule has 2 saturated carbocycles. The number of thiocarbonyl (C=S) groups is 1. The van der Waals surface area contributed by atoms with Gasteiger partial charge in [0.2, 0.25) is 5.91 Å². The SMILES string of the molecule is O=C(NC1CC1)[C@@H]1C[C@@H](O)[C@H](O)[C@@H]2NC(=S)N(c3ccc(Cl)cc3)[C@H]21. The van der Waals surface area contributed by atoms with Crippen LogP contribution in [0.5, 0.6) is 0 Å². The second-order valence-electron chi connectivity index (χ2n) is 7.00. The molecule has 0 aromatic heterocycles. The van der Waals surface area contributed by atoms with E-state index in [9.17, 15) is 15.0 Å². The van der Waals surface area contributed by atoms with E-state index in [-0.39, 0.29) is 24.4 Å². The number of carbonyl (C=O) groups is 1. The summed E-state index contributed by atoms with van der Waals surface area (Å²) in [7, 11) is 0. The van der Waals surface area contributed by atoms with Crippen molar-refractivity contribution in [3.8, 4) is 0 Å². The summed E-state index contributed by atoms with van der Waals surface area (Å²) in [6, 6.07) is 6.59. The highest BCUT2D eigenvalue weighted by atomic mass is 35.5. The van der Waals surface area contributed by atoms with E-state index in [1.165, 1.54) is 0 Å². The van der Waals surface area contributed by atoms with Crippen LogP contribution in [0.25, 0.3) is 0 Å². The van der Waals surface area contributed by atoms with Crippen LogP contribution in [0.2, 0.25) is 5.02 Å². The fourth-order valence-corrected chi connectivity index (χ4v) is 4.27. The van der Waals surface area contributed by atoms with E-state index in [0.717, 1.165) is 18.5 Å². The van der Waals surface area contributed by atoms with Gasteiger partial charge in [0.15, 0.2) is 5.11 Å². The molecule has 0 bridgehead atoms. The van der Waals surface area contributed by atoms with Crippen molar-refractivity contribution in [1.82, 2.24) is 10.6 Å². The van der Waals surface area contributed by atoms with Crippen molar-refractivity contribution in [1.29, 1.82) is 0 Å². The van der Waals surface area contributed by atoms with Gasteiger partial charge < -0.3 is 25.7 Å². The van der Waals surface area contributed by atoms with Gasteiger partial charge >= 0.3 is 0 Å². The Morgan fingerprint density at radius 3 is 2.60 bits per heavy atom. The lowest BCUT2D eigenvalue weighted by Gasteiger charge is -2.41. The zero-order valence-electron chi connectivity index (χ0n) is 13.4. The molecule has 4 rings (SSSR count). The van der Waals surface area contributed by atoms with Crippen LogP contribution in [0, 0.1) is 5.92 Å². The fourth-order valence-electron chi connectivity index (χ4n) is 3.78. The largest absolute Gasteiger partial charge is 0.390 e. The standard InChI is InChI=1S/C17H20ClN3O3S/c18-8-1-5-10(6-2-8)21-14-11(16(24)19-9-3-4-9)7-12(22)15(23)13(14)20-17(21)25/h1-2,5-6,9,11-15,22-23H,3-4,7H2,(H,19,24)(H,20,25)/t11-,12-,13-,14+,15+/m1/s1. The minimum Gasteiger partial charge on any atom is -0.390 e. The molecule has 0 unspecified atom stereocenters. The number of nitrogens with zero attached hydrogens (tertiary/aromatic N) is 1. The summed E-state index contributed by atoms with van der Waals surface area (Å²) in [5, 5.41) is 27.8. The molecule has 4 N–H and O–H groups in total. The van der Waals surface area contributed by atoms with Crippen LogP contribution in [0.1, 0.15) is 19.3 Å². The van der Waals surface area contributed by atoms with Gasteiger partial charge in [-0.05, 0) is 55.7 Å². The maximum absolute atomic E-state index is 12.8. The van der Waals surface area contributed by atoms with Crippen LogP contribution in [-0.2, 0) is 4.79 Å². The second-order valence-corrected chi connectivity index (χ2v) is 7.82. The topological polar surface area (TPSA) is 84.8 Å². The minimum absolute atomic E-state index is 0.0890. The fraction of sp³-hybridized carbons (Fsp3) is 0.529. The maximum Gasteiger partial charge on any atom is 0.225 e. The highest BCUT2D eigenvalue weighted by Crippen LogP contribution is 2.37. The average molecular weight is 382 g/mol. The third-order valence-corrected chi connectivity index (χ3v) is 5.78. The van der Waals surface area contributed by atoms with Gasteiger partial charge in [-0.2, -0.15) is 0 Å².